The third kappa shape index (κ3) is 2.55. The third-order valence-corrected chi connectivity index (χ3v) is 5.57. The smallest absolute Gasteiger partial charge is 0.262 e. The molecule has 0 radical (unpaired) electrons. The quantitative estimate of drug-likeness (QED) is 0.660. The summed E-state index contributed by atoms with van der Waals surface area (Å²) in [6, 6.07) is 5.60. The van der Waals surface area contributed by atoms with Crippen molar-refractivity contribution >= 4 is 33.4 Å². The van der Waals surface area contributed by atoms with Crippen LogP contribution in [0.5, 0.6) is 0 Å². The van der Waals surface area contributed by atoms with E-state index in [1.165, 1.54) is 0 Å². The Hall–Kier alpha value is -1.89. The van der Waals surface area contributed by atoms with Gasteiger partial charge in [0.2, 0.25) is 0 Å². The highest BCUT2D eigenvalue weighted by atomic mass is 35.5. The van der Waals surface area contributed by atoms with Crippen LogP contribution < -0.4 is 5.56 Å². The molecule has 0 N–H and O–H groups in total. The highest BCUT2D eigenvalue weighted by Gasteiger charge is 2.27. The van der Waals surface area contributed by atoms with Crippen molar-refractivity contribution in [2.24, 2.45) is 0 Å². The Bertz CT molecular complexity index is 1060. The number of halogens is 1. The summed E-state index contributed by atoms with van der Waals surface area (Å²) in [5, 5.41) is 6.96. The number of aromatic nitrogens is 3. The molecule has 4 heterocycles. The van der Waals surface area contributed by atoms with E-state index in [1.54, 1.807) is 4.57 Å². The predicted molar refractivity (Wildman–Crippen MR) is 99.8 cm³/mol. The van der Waals surface area contributed by atoms with Crippen LogP contribution in [0.3, 0.4) is 0 Å². The van der Waals surface area contributed by atoms with Gasteiger partial charge in [0.1, 0.15) is 11.7 Å². The van der Waals surface area contributed by atoms with Crippen LogP contribution in [0.4, 0.5) is 0 Å². The molecule has 0 bridgehead atoms. The van der Waals surface area contributed by atoms with Crippen LogP contribution in [0, 0.1) is 6.92 Å². The van der Waals surface area contributed by atoms with Gasteiger partial charge in [0.15, 0.2) is 0 Å². The van der Waals surface area contributed by atoms with Crippen molar-refractivity contribution in [2.45, 2.75) is 45.1 Å². The van der Waals surface area contributed by atoms with Crippen LogP contribution in [-0.2, 0) is 16.0 Å². The zero-order valence-electron chi connectivity index (χ0n) is 14.6. The number of pyridine rings is 1. The Labute approximate surface area is 155 Å². The minimum absolute atomic E-state index is 0.0233. The maximum atomic E-state index is 13.3. The standard InChI is InChI=1S/C19H20ClN3O3/c1-11-17-18(21-23(11)16-4-2-3-7-25-16)14-8-12(20)5-6-15(14)22(19(17)24)9-13-10-26-13/h5-6,8,13,16H,2-4,7,9-10H2,1H3. The van der Waals surface area contributed by atoms with E-state index in [0.29, 0.717) is 29.1 Å². The molecule has 26 heavy (non-hydrogen) atoms. The Kier molecular flexibility index (Phi) is 3.81. The molecule has 2 unspecified atom stereocenters. The van der Waals surface area contributed by atoms with E-state index in [9.17, 15) is 4.79 Å². The summed E-state index contributed by atoms with van der Waals surface area (Å²) in [5.41, 5.74) is 2.37. The summed E-state index contributed by atoms with van der Waals surface area (Å²) < 4.78 is 14.9. The van der Waals surface area contributed by atoms with Gasteiger partial charge in [-0.15, -0.1) is 0 Å². The van der Waals surface area contributed by atoms with Crippen LogP contribution in [-0.4, -0.2) is 33.7 Å². The lowest BCUT2D eigenvalue weighted by atomic mass is 10.1. The third-order valence-electron chi connectivity index (χ3n) is 5.33. The fourth-order valence-electron chi connectivity index (χ4n) is 3.90. The summed E-state index contributed by atoms with van der Waals surface area (Å²) in [6.07, 6.45) is 3.10. The van der Waals surface area contributed by atoms with Gasteiger partial charge >= 0.3 is 0 Å². The van der Waals surface area contributed by atoms with Gasteiger partial charge in [0.05, 0.1) is 35.9 Å². The molecule has 1 aromatic carbocycles. The van der Waals surface area contributed by atoms with Gasteiger partial charge in [-0.25, -0.2) is 4.68 Å². The molecule has 5 rings (SSSR count). The monoisotopic (exact) mass is 373 g/mol. The molecule has 6 nitrogen and oxygen atoms in total. The van der Waals surface area contributed by atoms with E-state index in [1.807, 2.05) is 29.8 Å². The maximum absolute atomic E-state index is 13.3. The van der Waals surface area contributed by atoms with Gasteiger partial charge in [-0.05, 0) is 44.4 Å². The molecule has 2 aliphatic rings. The van der Waals surface area contributed by atoms with E-state index >= 15 is 0 Å². The van der Waals surface area contributed by atoms with Crippen LogP contribution in [0.25, 0.3) is 21.8 Å². The van der Waals surface area contributed by atoms with Gasteiger partial charge in [-0.1, -0.05) is 11.6 Å². The molecule has 136 valence electrons. The summed E-state index contributed by atoms with van der Waals surface area (Å²) in [7, 11) is 0. The molecular formula is C19H20ClN3O3. The first kappa shape index (κ1) is 16.3. The lowest BCUT2D eigenvalue weighted by Gasteiger charge is -2.23. The second-order valence-electron chi connectivity index (χ2n) is 7.11. The number of rotatable bonds is 3. The molecule has 2 aromatic heterocycles. The predicted octanol–water partition coefficient (Wildman–Crippen LogP) is 3.41. The number of hydrogen-bond acceptors (Lipinski definition) is 4. The summed E-state index contributed by atoms with van der Waals surface area (Å²) >= 11 is 6.25. The lowest BCUT2D eigenvalue weighted by molar-refractivity contribution is -0.0402. The molecule has 2 aliphatic heterocycles. The minimum atomic E-state index is -0.106. The summed E-state index contributed by atoms with van der Waals surface area (Å²) in [4.78, 5) is 13.3. The van der Waals surface area contributed by atoms with Gasteiger partial charge in [0.25, 0.3) is 5.56 Å². The number of hydrogen-bond donors (Lipinski definition) is 0. The second kappa shape index (κ2) is 6.08. The molecular weight excluding hydrogens is 354 g/mol. The highest BCUT2D eigenvalue weighted by molar-refractivity contribution is 6.31. The zero-order valence-corrected chi connectivity index (χ0v) is 15.3. The normalized spacial score (nSPS) is 23.0. The second-order valence-corrected chi connectivity index (χ2v) is 7.54. The van der Waals surface area contributed by atoms with E-state index in [0.717, 1.165) is 42.5 Å². The first-order valence-electron chi connectivity index (χ1n) is 9.07. The van der Waals surface area contributed by atoms with Gasteiger partial charge < -0.3 is 14.0 Å². The first-order valence-corrected chi connectivity index (χ1v) is 9.45. The average molecular weight is 374 g/mol. The van der Waals surface area contributed by atoms with E-state index < -0.39 is 0 Å². The van der Waals surface area contributed by atoms with E-state index in [2.05, 4.69) is 0 Å². The summed E-state index contributed by atoms with van der Waals surface area (Å²) in [6.45, 7) is 3.93. The van der Waals surface area contributed by atoms with Crippen molar-refractivity contribution in [1.82, 2.24) is 14.3 Å². The van der Waals surface area contributed by atoms with Crippen molar-refractivity contribution in [3.63, 3.8) is 0 Å². The molecule has 7 heteroatoms. The number of epoxide rings is 1. The van der Waals surface area contributed by atoms with Gasteiger partial charge in [-0.2, -0.15) is 5.10 Å². The zero-order chi connectivity index (χ0) is 17.8. The topological polar surface area (TPSA) is 61.6 Å². The van der Waals surface area contributed by atoms with Crippen molar-refractivity contribution in [3.05, 3.63) is 39.3 Å². The molecule has 0 aliphatic carbocycles. The number of aryl methyl sites for hydroxylation is 1. The molecule has 0 amide bonds. The molecule has 2 atom stereocenters. The highest BCUT2D eigenvalue weighted by Crippen LogP contribution is 2.31. The van der Waals surface area contributed by atoms with Crippen molar-refractivity contribution in [2.75, 3.05) is 13.2 Å². The molecule has 2 saturated heterocycles. The molecule has 2 fully saturated rings. The molecule has 0 spiro atoms. The van der Waals surface area contributed by atoms with E-state index in [-0.39, 0.29) is 17.9 Å². The Balaban J connectivity index is 1.81. The Morgan fingerprint density at radius 3 is 2.88 bits per heavy atom. The first-order chi connectivity index (χ1) is 12.6. The van der Waals surface area contributed by atoms with E-state index in [4.69, 9.17) is 26.2 Å². The number of nitrogens with zero attached hydrogens (tertiary/aromatic N) is 3. The van der Waals surface area contributed by atoms with Crippen LogP contribution in [0.15, 0.2) is 23.0 Å². The SMILES string of the molecule is Cc1c2c(=O)n(CC3CO3)c3ccc(Cl)cc3c2nn1C1CCCCO1. The maximum Gasteiger partial charge on any atom is 0.262 e. The lowest BCUT2D eigenvalue weighted by Crippen LogP contribution is -2.24. The molecule has 3 aromatic rings. The van der Waals surface area contributed by atoms with Crippen molar-refractivity contribution < 1.29 is 9.47 Å². The fourth-order valence-corrected chi connectivity index (χ4v) is 4.07. The fraction of sp³-hybridized carbons (Fsp3) is 0.474. The Morgan fingerprint density at radius 2 is 2.15 bits per heavy atom. The van der Waals surface area contributed by atoms with Gasteiger partial charge in [0, 0.05) is 17.0 Å². The number of fused-ring (bicyclic) bond motifs is 3. The number of ether oxygens (including phenoxy) is 2. The Morgan fingerprint density at radius 1 is 1.31 bits per heavy atom. The van der Waals surface area contributed by atoms with Crippen LogP contribution in [0.1, 0.15) is 31.2 Å². The molecule has 0 saturated carbocycles. The van der Waals surface area contributed by atoms with Gasteiger partial charge in [-0.3, -0.25) is 4.79 Å². The van der Waals surface area contributed by atoms with Crippen LogP contribution in [0.2, 0.25) is 5.02 Å². The average Bonchev–Trinajstić information content (AvgIpc) is 3.40. The van der Waals surface area contributed by atoms with Crippen molar-refractivity contribution in [1.29, 1.82) is 0 Å². The van der Waals surface area contributed by atoms with Crippen LogP contribution >= 0.6 is 11.6 Å². The van der Waals surface area contributed by atoms with Crippen molar-refractivity contribution in [3.8, 4) is 0 Å². The minimum Gasteiger partial charge on any atom is -0.371 e. The number of benzene rings is 1. The largest absolute Gasteiger partial charge is 0.371 e. The summed E-state index contributed by atoms with van der Waals surface area (Å²) in [5.74, 6) is 0.